The van der Waals surface area contributed by atoms with Crippen molar-refractivity contribution >= 4 is 29.4 Å². The van der Waals surface area contributed by atoms with Crippen molar-refractivity contribution in [3.8, 4) is 0 Å². The zero-order chi connectivity index (χ0) is 25.5. The zero-order valence-electron chi connectivity index (χ0n) is 21.0. The number of nitrogens with zero attached hydrogens (tertiary/aromatic N) is 1. The van der Waals surface area contributed by atoms with Crippen LogP contribution in [0.3, 0.4) is 0 Å². The Labute approximate surface area is 206 Å². The zero-order valence-corrected chi connectivity index (χ0v) is 21.0. The Kier molecular flexibility index (Phi) is 8.52. The van der Waals surface area contributed by atoms with Gasteiger partial charge in [-0.2, -0.15) is 0 Å². The van der Waals surface area contributed by atoms with Gasteiger partial charge < -0.3 is 20.7 Å². The Bertz CT molecular complexity index is 1130. The molecule has 0 aliphatic carbocycles. The monoisotopic (exact) mass is 478 g/mol. The second-order valence-electron chi connectivity index (χ2n) is 8.86. The van der Waals surface area contributed by atoms with Crippen LogP contribution in [0.4, 0.5) is 21.0 Å². The van der Waals surface area contributed by atoms with Crippen molar-refractivity contribution in [2.24, 2.45) is 0 Å². The van der Waals surface area contributed by atoms with Gasteiger partial charge in [0, 0.05) is 23.6 Å². The number of nitrogens with one attached hydrogen (secondary N) is 3. The summed E-state index contributed by atoms with van der Waals surface area (Å²) < 4.78 is 5.52. The molecule has 2 aromatic carbocycles. The van der Waals surface area contributed by atoms with Gasteiger partial charge in [-0.05, 0) is 63.4 Å². The van der Waals surface area contributed by atoms with Gasteiger partial charge in [0.1, 0.15) is 0 Å². The van der Waals surface area contributed by atoms with Crippen molar-refractivity contribution in [1.82, 2.24) is 10.2 Å². The van der Waals surface area contributed by atoms with E-state index in [4.69, 9.17) is 4.74 Å². The van der Waals surface area contributed by atoms with Gasteiger partial charge in [-0.25, -0.2) is 14.4 Å². The van der Waals surface area contributed by atoms with Crippen LogP contribution in [0.2, 0.25) is 0 Å². The minimum atomic E-state index is -0.701. The Balaban J connectivity index is 1.89. The maximum atomic E-state index is 13.1. The van der Waals surface area contributed by atoms with E-state index in [1.165, 1.54) is 0 Å². The van der Waals surface area contributed by atoms with Crippen LogP contribution in [0.1, 0.15) is 57.7 Å². The lowest BCUT2D eigenvalue weighted by atomic mass is 9.94. The van der Waals surface area contributed by atoms with Crippen LogP contribution in [-0.2, 0) is 9.53 Å². The minimum Gasteiger partial charge on any atom is -0.459 e. The van der Waals surface area contributed by atoms with E-state index in [1.54, 1.807) is 43.9 Å². The molecule has 0 saturated carbocycles. The number of para-hydroxylation sites is 1. The molecule has 4 amide bonds. The molecule has 0 bridgehead atoms. The fourth-order valence-corrected chi connectivity index (χ4v) is 3.95. The van der Waals surface area contributed by atoms with E-state index in [1.807, 2.05) is 44.2 Å². The molecule has 0 aromatic heterocycles. The lowest BCUT2D eigenvalue weighted by molar-refractivity contribution is -0.143. The van der Waals surface area contributed by atoms with E-state index in [9.17, 15) is 14.4 Å². The number of esters is 1. The van der Waals surface area contributed by atoms with Gasteiger partial charge in [0.15, 0.2) is 0 Å². The Morgan fingerprint density at radius 1 is 1.09 bits per heavy atom. The number of urea groups is 2. The molecule has 8 heteroatoms. The van der Waals surface area contributed by atoms with Crippen molar-refractivity contribution in [3.63, 3.8) is 0 Å². The second kappa shape index (κ2) is 11.6. The molecule has 8 nitrogen and oxygen atoms in total. The van der Waals surface area contributed by atoms with Crippen molar-refractivity contribution in [2.45, 2.75) is 59.6 Å². The topological polar surface area (TPSA) is 99.8 Å². The average molecular weight is 479 g/mol. The van der Waals surface area contributed by atoms with E-state index in [2.05, 4.69) is 16.0 Å². The molecule has 2 aromatic rings. The van der Waals surface area contributed by atoms with Crippen LogP contribution in [0.5, 0.6) is 0 Å². The molecule has 3 rings (SSSR count). The molecule has 1 atom stereocenters. The predicted octanol–water partition coefficient (Wildman–Crippen LogP) is 5.73. The molecule has 0 saturated heterocycles. The van der Waals surface area contributed by atoms with Gasteiger partial charge in [-0.3, -0.25) is 4.90 Å². The molecule has 0 spiro atoms. The second-order valence-corrected chi connectivity index (χ2v) is 8.86. The summed E-state index contributed by atoms with van der Waals surface area (Å²) in [5.74, 6) is -0.473. The largest absolute Gasteiger partial charge is 0.459 e. The summed E-state index contributed by atoms with van der Waals surface area (Å²) in [7, 11) is 0. The van der Waals surface area contributed by atoms with Crippen molar-refractivity contribution in [2.75, 3.05) is 17.2 Å². The fraction of sp³-hybridized carbons (Fsp3) is 0.370. The van der Waals surface area contributed by atoms with Gasteiger partial charge in [0.25, 0.3) is 0 Å². The first-order valence-corrected chi connectivity index (χ1v) is 11.9. The summed E-state index contributed by atoms with van der Waals surface area (Å²) in [6.07, 6.45) is 1.44. The molecule has 35 heavy (non-hydrogen) atoms. The van der Waals surface area contributed by atoms with Gasteiger partial charge in [-0.15, -0.1) is 0 Å². The summed E-state index contributed by atoms with van der Waals surface area (Å²) in [4.78, 5) is 40.2. The molecule has 1 heterocycles. The number of rotatable bonds is 8. The fourth-order valence-electron chi connectivity index (χ4n) is 3.95. The van der Waals surface area contributed by atoms with Crippen LogP contribution in [0, 0.1) is 6.92 Å². The number of ether oxygens (including phenoxy) is 1. The van der Waals surface area contributed by atoms with Gasteiger partial charge in [-0.1, -0.05) is 43.7 Å². The summed E-state index contributed by atoms with van der Waals surface area (Å²) >= 11 is 0. The predicted molar refractivity (Wildman–Crippen MR) is 137 cm³/mol. The third-order valence-electron chi connectivity index (χ3n) is 5.77. The van der Waals surface area contributed by atoms with Gasteiger partial charge in [0.05, 0.1) is 17.7 Å². The van der Waals surface area contributed by atoms with E-state index in [0.717, 1.165) is 18.4 Å². The van der Waals surface area contributed by atoms with E-state index in [0.29, 0.717) is 34.8 Å². The number of benzene rings is 2. The number of amides is 4. The first-order chi connectivity index (χ1) is 16.7. The number of carbonyl (C=O) groups excluding carboxylic acids is 3. The number of anilines is 2. The van der Waals surface area contributed by atoms with Crippen LogP contribution >= 0.6 is 0 Å². The maximum Gasteiger partial charge on any atom is 0.338 e. The third-order valence-corrected chi connectivity index (χ3v) is 5.77. The minimum absolute atomic E-state index is 0.266. The third kappa shape index (κ3) is 6.41. The van der Waals surface area contributed by atoms with Gasteiger partial charge >= 0.3 is 18.0 Å². The smallest absolute Gasteiger partial charge is 0.338 e. The molecule has 0 fully saturated rings. The highest BCUT2D eigenvalue weighted by molar-refractivity contribution is 6.00. The summed E-state index contributed by atoms with van der Waals surface area (Å²) in [6.45, 7) is 9.83. The summed E-state index contributed by atoms with van der Waals surface area (Å²) in [6, 6.07) is 13.2. The number of hydrogen-bond donors (Lipinski definition) is 3. The highest BCUT2D eigenvalue weighted by atomic mass is 16.5. The van der Waals surface area contributed by atoms with Crippen molar-refractivity contribution in [1.29, 1.82) is 0 Å². The molecule has 1 aliphatic heterocycles. The number of aryl methyl sites for hydroxylation is 1. The normalized spacial score (nSPS) is 15.7. The van der Waals surface area contributed by atoms with Gasteiger partial charge in [0.2, 0.25) is 0 Å². The highest BCUT2D eigenvalue weighted by Crippen LogP contribution is 2.33. The standard InChI is InChI=1S/C27H34N4O4/c1-6-7-15-31-19(5)23(25(32)35-17(2)3)24(30-27(31)34)20-12-10-13-21(16-20)28-26(33)29-22-14-9-8-11-18(22)4/h8-14,16-17,24H,6-7,15H2,1-5H3,(H,30,34)(H2,28,29,33). The summed E-state index contributed by atoms with van der Waals surface area (Å²) in [5.41, 5.74) is 3.82. The van der Waals surface area contributed by atoms with E-state index < -0.39 is 12.0 Å². The molecule has 1 unspecified atom stereocenters. The Morgan fingerprint density at radius 2 is 1.83 bits per heavy atom. The Morgan fingerprint density at radius 3 is 2.51 bits per heavy atom. The SMILES string of the molecule is CCCCN1C(=O)NC(c2cccc(NC(=O)Nc3ccccc3C)c2)C(C(=O)OC(C)C)=C1C. The number of allylic oxidation sites excluding steroid dienone is 1. The number of carbonyl (C=O) groups is 3. The quantitative estimate of drug-likeness (QED) is 0.422. The maximum absolute atomic E-state index is 13.1. The molecular formula is C27H34N4O4. The first-order valence-electron chi connectivity index (χ1n) is 11.9. The lowest BCUT2D eigenvalue weighted by Gasteiger charge is -2.35. The number of hydrogen-bond acceptors (Lipinski definition) is 4. The molecular weight excluding hydrogens is 444 g/mol. The van der Waals surface area contributed by atoms with Crippen LogP contribution < -0.4 is 16.0 Å². The van der Waals surface area contributed by atoms with Crippen LogP contribution in [0.25, 0.3) is 0 Å². The Hall–Kier alpha value is -3.81. The number of unbranched alkanes of at least 4 members (excludes halogenated alkanes) is 1. The molecule has 3 N–H and O–H groups in total. The van der Waals surface area contributed by atoms with Crippen LogP contribution in [-0.4, -0.2) is 35.6 Å². The first kappa shape index (κ1) is 25.8. The van der Waals surface area contributed by atoms with E-state index >= 15 is 0 Å². The van der Waals surface area contributed by atoms with E-state index in [-0.39, 0.29) is 18.2 Å². The lowest BCUT2D eigenvalue weighted by Crippen LogP contribution is -2.48. The molecule has 1 aliphatic rings. The van der Waals surface area contributed by atoms with Crippen LogP contribution in [0.15, 0.2) is 59.8 Å². The molecule has 0 radical (unpaired) electrons. The molecule has 186 valence electrons. The average Bonchev–Trinajstić information content (AvgIpc) is 2.79. The highest BCUT2D eigenvalue weighted by Gasteiger charge is 2.36. The van der Waals surface area contributed by atoms with Crippen molar-refractivity contribution < 1.29 is 19.1 Å². The van der Waals surface area contributed by atoms with Crippen molar-refractivity contribution in [3.05, 3.63) is 70.9 Å². The summed E-state index contributed by atoms with van der Waals surface area (Å²) in [5, 5.41) is 8.62.